The molecule has 2 heteroatoms. The minimum absolute atomic E-state index is 0.0260. The van der Waals surface area contributed by atoms with Crippen LogP contribution in [-0.2, 0) is 6.61 Å². The van der Waals surface area contributed by atoms with Crippen molar-refractivity contribution in [2.45, 2.75) is 6.61 Å². The van der Waals surface area contributed by atoms with E-state index in [0.717, 1.165) is 32.1 Å². The standard InChI is InChI=1S/C15H11ClO/c16-15-12-7-3-1-5-10(12)14(9-17)11-6-2-4-8-13(11)15/h1-8,17H,9H2. The molecule has 17 heavy (non-hydrogen) atoms. The second kappa shape index (κ2) is 4.02. The molecule has 0 saturated heterocycles. The van der Waals surface area contributed by atoms with E-state index in [1.54, 1.807) is 0 Å². The zero-order chi connectivity index (χ0) is 11.8. The van der Waals surface area contributed by atoms with Gasteiger partial charge in [0.2, 0.25) is 0 Å². The molecule has 0 aliphatic carbocycles. The summed E-state index contributed by atoms with van der Waals surface area (Å²) in [5, 5.41) is 14.4. The molecule has 3 aromatic carbocycles. The van der Waals surface area contributed by atoms with E-state index in [2.05, 4.69) is 0 Å². The van der Waals surface area contributed by atoms with Gasteiger partial charge in [-0.3, -0.25) is 0 Å². The van der Waals surface area contributed by atoms with Crippen molar-refractivity contribution in [3.8, 4) is 0 Å². The molecule has 3 aromatic rings. The van der Waals surface area contributed by atoms with Crippen molar-refractivity contribution in [2.24, 2.45) is 0 Å². The van der Waals surface area contributed by atoms with Gasteiger partial charge < -0.3 is 5.11 Å². The summed E-state index contributed by atoms with van der Waals surface area (Å²) in [6, 6.07) is 15.8. The molecule has 0 fully saturated rings. The maximum atomic E-state index is 9.58. The van der Waals surface area contributed by atoms with E-state index >= 15 is 0 Å². The molecule has 0 unspecified atom stereocenters. The SMILES string of the molecule is OCc1c2ccccc2c(Cl)c2ccccc12. The lowest BCUT2D eigenvalue weighted by Crippen LogP contribution is -1.90. The highest BCUT2D eigenvalue weighted by molar-refractivity contribution is 6.41. The van der Waals surface area contributed by atoms with E-state index in [4.69, 9.17) is 11.6 Å². The van der Waals surface area contributed by atoms with Gasteiger partial charge in [-0.05, 0) is 16.3 Å². The Bertz CT molecular complexity index is 647. The van der Waals surface area contributed by atoms with Gasteiger partial charge in [0.05, 0.1) is 11.6 Å². The minimum Gasteiger partial charge on any atom is -0.392 e. The van der Waals surface area contributed by atoms with E-state index in [1.807, 2.05) is 48.5 Å². The molecule has 0 spiro atoms. The molecule has 0 heterocycles. The first kappa shape index (κ1) is 10.6. The Balaban J connectivity index is 2.63. The lowest BCUT2D eigenvalue weighted by Gasteiger charge is -2.11. The fourth-order valence-electron chi connectivity index (χ4n) is 2.34. The smallest absolute Gasteiger partial charge is 0.0693 e. The molecule has 3 rings (SSSR count). The zero-order valence-electron chi connectivity index (χ0n) is 9.15. The van der Waals surface area contributed by atoms with Crippen LogP contribution in [-0.4, -0.2) is 5.11 Å². The Morgan fingerprint density at radius 2 is 1.18 bits per heavy atom. The number of aliphatic hydroxyl groups is 1. The number of aliphatic hydroxyl groups excluding tert-OH is 1. The summed E-state index contributed by atoms with van der Waals surface area (Å²) < 4.78 is 0. The molecule has 1 N–H and O–H groups in total. The van der Waals surface area contributed by atoms with Crippen LogP contribution in [0.4, 0.5) is 0 Å². The first-order chi connectivity index (χ1) is 8.33. The van der Waals surface area contributed by atoms with Crippen molar-refractivity contribution >= 4 is 33.1 Å². The van der Waals surface area contributed by atoms with E-state index < -0.39 is 0 Å². The average molecular weight is 243 g/mol. The Morgan fingerprint density at radius 3 is 1.59 bits per heavy atom. The maximum absolute atomic E-state index is 9.58. The summed E-state index contributed by atoms with van der Waals surface area (Å²) in [6.45, 7) is 0.0260. The highest BCUT2D eigenvalue weighted by Gasteiger charge is 2.10. The third-order valence-corrected chi connectivity index (χ3v) is 3.54. The highest BCUT2D eigenvalue weighted by Crippen LogP contribution is 2.35. The molecule has 1 nitrogen and oxygen atoms in total. The van der Waals surface area contributed by atoms with Gasteiger partial charge in [-0.2, -0.15) is 0 Å². The van der Waals surface area contributed by atoms with Gasteiger partial charge in [-0.25, -0.2) is 0 Å². The first-order valence-corrected chi connectivity index (χ1v) is 5.89. The normalized spacial score (nSPS) is 11.2. The fraction of sp³-hybridized carbons (Fsp3) is 0.0667. The Morgan fingerprint density at radius 1 is 0.765 bits per heavy atom. The molecule has 0 radical (unpaired) electrons. The van der Waals surface area contributed by atoms with Crippen LogP contribution in [0.25, 0.3) is 21.5 Å². The number of hydrogen-bond acceptors (Lipinski definition) is 1. The maximum Gasteiger partial charge on any atom is 0.0693 e. The molecule has 0 aliphatic rings. The van der Waals surface area contributed by atoms with Gasteiger partial charge in [-0.15, -0.1) is 0 Å². The monoisotopic (exact) mass is 242 g/mol. The largest absolute Gasteiger partial charge is 0.392 e. The number of halogens is 1. The second-order valence-electron chi connectivity index (χ2n) is 4.04. The topological polar surface area (TPSA) is 20.2 Å². The molecular weight excluding hydrogens is 232 g/mol. The van der Waals surface area contributed by atoms with Gasteiger partial charge in [0.1, 0.15) is 0 Å². The van der Waals surface area contributed by atoms with Crippen LogP contribution in [0.2, 0.25) is 5.02 Å². The van der Waals surface area contributed by atoms with Crippen LogP contribution in [0.5, 0.6) is 0 Å². The van der Waals surface area contributed by atoms with Gasteiger partial charge in [0.15, 0.2) is 0 Å². The number of benzene rings is 3. The Hall–Kier alpha value is -1.57. The first-order valence-electron chi connectivity index (χ1n) is 5.51. The third kappa shape index (κ3) is 1.51. The Kier molecular flexibility index (Phi) is 2.50. The third-order valence-electron chi connectivity index (χ3n) is 3.14. The molecular formula is C15H11ClO. The van der Waals surface area contributed by atoms with Gasteiger partial charge >= 0.3 is 0 Å². The van der Waals surface area contributed by atoms with Crippen LogP contribution in [0.15, 0.2) is 48.5 Å². The quantitative estimate of drug-likeness (QED) is 0.636. The van der Waals surface area contributed by atoms with Crippen LogP contribution in [0.1, 0.15) is 5.56 Å². The Labute approximate surface area is 104 Å². The zero-order valence-corrected chi connectivity index (χ0v) is 9.91. The lowest BCUT2D eigenvalue weighted by atomic mass is 9.97. The minimum atomic E-state index is 0.0260. The number of hydrogen-bond donors (Lipinski definition) is 1. The summed E-state index contributed by atoms with van der Waals surface area (Å²) in [5.74, 6) is 0. The van der Waals surface area contributed by atoms with Crippen molar-refractivity contribution in [1.29, 1.82) is 0 Å². The van der Waals surface area contributed by atoms with Crippen LogP contribution < -0.4 is 0 Å². The fourth-order valence-corrected chi connectivity index (χ4v) is 2.67. The van der Waals surface area contributed by atoms with E-state index in [0.29, 0.717) is 0 Å². The van der Waals surface area contributed by atoms with Crippen molar-refractivity contribution in [3.63, 3.8) is 0 Å². The summed E-state index contributed by atoms with van der Waals surface area (Å²) in [4.78, 5) is 0. The average Bonchev–Trinajstić information content (AvgIpc) is 2.40. The molecule has 0 atom stereocenters. The predicted octanol–water partition coefficient (Wildman–Crippen LogP) is 4.14. The van der Waals surface area contributed by atoms with Gasteiger partial charge in [0.25, 0.3) is 0 Å². The molecule has 0 aromatic heterocycles. The summed E-state index contributed by atoms with van der Waals surface area (Å²) in [5.41, 5.74) is 0.945. The van der Waals surface area contributed by atoms with Crippen molar-refractivity contribution in [3.05, 3.63) is 59.1 Å². The van der Waals surface area contributed by atoms with Gasteiger partial charge in [0, 0.05) is 10.8 Å². The summed E-state index contributed by atoms with van der Waals surface area (Å²) >= 11 is 6.42. The molecule has 84 valence electrons. The van der Waals surface area contributed by atoms with E-state index in [1.165, 1.54) is 0 Å². The van der Waals surface area contributed by atoms with E-state index in [-0.39, 0.29) is 6.61 Å². The van der Waals surface area contributed by atoms with Crippen molar-refractivity contribution in [1.82, 2.24) is 0 Å². The predicted molar refractivity (Wildman–Crippen MR) is 72.4 cm³/mol. The summed E-state index contributed by atoms with van der Waals surface area (Å²) in [7, 11) is 0. The van der Waals surface area contributed by atoms with Crippen LogP contribution in [0.3, 0.4) is 0 Å². The highest BCUT2D eigenvalue weighted by atomic mass is 35.5. The number of fused-ring (bicyclic) bond motifs is 2. The van der Waals surface area contributed by atoms with Crippen molar-refractivity contribution < 1.29 is 5.11 Å². The molecule has 0 bridgehead atoms. The molecule has 0 saturated carbocycles. The van der Waals surface area contributed by atoms with Crippen LogP contribution >= 0.6 is 11.6 Å². The molecule has 0 amide bonds. The lowest BCUT2D eigenvalue weighted by molar-refractivity contribution is 0.285. The molecule has 0 aliphatic heterocycles. The van der Waals surface area contributed by atoms with Crippen LogP contribution in [0, 0.1) is 0 Å². The number of rotatable bonds is 1. The summed E-state index contributed by atoms with van der Waals surface area (Å²) in [6.07, 6.45) is 0. The van der Waals surface area contributed by atoms with Crippen molar-refractivity contribution in [2.75, 3.05) is 0 Å². The van der Waals surface area contributed by atoms with E-state index in [9.17, 15) is 5.11 Å². The van der Waals surface area contributed by atoms with Gasteiger partial charge in [-0.1, -0.05) is 60.1 Å². The second-order valence-corrected chi connectivity index (χ2v) is 4.42.